The van der Waals surface area contributed by atoms with E-state index in [-0.39, 0.29) is 24.9 Å². The van der Waals surface area contributed by atoms with E-state index >= 15 is 0 Å². The molecule has 0 unspecified atom stereocenters. The molecule has 1 fully saturated rings. The van der Waals surface area contributed by atoms with E-state index in [1.165, 1.54) is 0 Å². The van der Waals surface area contributed by atoms with Crippen LogP contribution in [-0.2, 0) is 14.4 Å². The Bertz CT molecular complexity index is 787. The van der Waals surface area contributed by atoms with Gasteiger partial charge in [-0.05, 0) is 18.9 Å². The molecule has 4 N–H and O–H groups in total. The summed E-state index contributed by atoms with van der Waals surface area (Å²) < 4.78 is 5.94. The molecule has 3 rings (SSSR count). The van der Waals surface area contributed by atoms with Crippen molar-refractivity contribution >= 4 is 23.8 Å². The van der Waals surface area contributed by atoms with Crippen molar-refractivity contribution in [2.24, 2.45) is 0 Å². The molecule has 0 bridgehead atoms. The van der Waals surface area contributed by atoms with Gasteiger partial charge < -0.3 is 20.7 Å². The zero-order valence-corrected chi connectivity index (χ0v) is 17.2. The lowest BCUT2D eigenvalue weighted by atomic mass is 9.81. The summed E-state index contributed by atoms with van der Waals surface area (Å²) in [4.78, 5) is 36.8. The van der Waals surface area contributed by atoms with Crippen molar-refractivity contribution < 1.29 is 19.1 Å². The summed E-state index contributed by atoms with van der Waals surface area (Å²) in [6, 6.07) is 7.67. The quantitative estimate of drug-likeness (QED) is 0.501. The molecule has 2 aliphatic rings. The Morgan fingerprint density at radius 3 is 2.43 bits per heavy atom. The first-order chi connectivity index (χ1) is 14.6. The van der Waals surface area contributed by atoms with Crippen LogP contribution in [0, 0.1) is 0 Å². The van der Waals surface area contributed by atoms with Gasteiger partial charge in [0.25, 0.3) is 0 Å². The first-order valence-electron chi connectivity index (χ1n) is 10.5. The maximum absolute atomic E-state index is 12.9. The molecule has 1 aromatic rings. The van der Waals surface area contributed by atoms with Crippen LogP contribution in [0.3, 0.4) is 0 Å². The number of carbonyl (C=O) groups is 3. The third-order valence-corrected chi connectivity index (χ3v) is 5.45. The summed E-state index contributed by atoms with van der Waals surface area (Å²) in [5.41, 5.74) is 0.218. The van der Waals surface area contributed by atoms with Gasteiger partial charge in [0.15, 0.2) is 0 Å². The number of carbonyl (C=O) groups excluding carboxylic acids is 3. The second kappa shape index (κ2) is 10.8. The SMILES string of the molecule is O=C1CNC(=O)CNC(=O)C2(CCCCC2)NCCOc2ccccc2/C=C/CN1. The van der Waals surface area contributed by atoms with Gasteiger partial charge >= 0.3 is 0 Å². The van der Waals surface area contributed by atoms with Gasteiger partial charge in [0.1, 0.15) is 12.4 Å². The lowest BCUT2D eigenvalue weighted by Crippen LogP contribution is -2.59. The number of hydrogen-bond donors (Lipinski definition) is 4. The number of amides is 3. The molecule has 1 spiro atoms. The fraction of sp³-hybridized carbons (Fsp3) is 0.500. The van der Waals surface area contributed by atoms with Crippen molar-refractivity contribution in [1.29, 1.82) is 0 Å². The molecule has 1 aliphatic carbocycles. The highest BCUT2D eigenvalue weighted by atomic mass is 16.5. The van der Waals surface area contributed by atoms with E-state index in [9.17, 15) is 14.4 Å². The van der Waals surface area contributed by atoms with Crippen molar-refractivity contribution in [3.8, 4) is 5.75 Å². The van der Waals surface area contributed by atoms with E-state index < -0.39 is 11.4 Å². The number of nitrogens with one attached hydrogen (secondary N) is 4. The molecule has 8 nitrogen and oxygen atoms in total. The minimum atomic E-state index is -0.690. The van der Waals surface area contributed by atoms with Gasteiger partial charge in [-0.2, -0.15) is 0 Å². The molecule has 0 radical (unpaired) electrons. The molecule has 0 aromatic heterocycles. The second-order valence-electron chi connectivity index (χ2n) is 7.62. The van der Waals surface area contributed by atoms with Crippen molar-refractivity contribution in [2.45, 2.75) is 37.6 Å². The maximum Gasteiger partial charge on any atom is 0.240 e. The van der Waals surface area contributed by atoms with Gasteiger partial charge in [-0.1, -0.05) is 49.6 Å². The highest BCUT2D eigenvalue weighted by Gasteiger charge is 2.38. The molecule has 1 saturated carbocycles. The highest BCUT2D eigenvalue weighted by Crippen LogP contribution is 2.28. The lowest BCUT2D eigenvalue weighted by Gasteiger charge is -2.36. The topological polar surface area (TPSA) is 109 Å². The number of rotatable bonds is 0. The van der Waals surface area contributed by atoms with Crippen molar-refractivity contribution in [3.05, 3.63) is 35.9 Å². The van der Waals surface area contributed by atoms with Crippen LogP contribution in [0.15, 0.2) is 30.3 Å². The van der Waals surface area contributed by atoms with Gasteiger partial charge in [0.05, 0.1) is 18.6 Å². The van der Waals surface area contributed by atoms with Gasteiger partial charge in [-0.3, -0.25) is 19.7 Å². The molecule has 30 heavy (non-hydrogen) atoms. The molecule has 162 valence electrons. The third-order valence-electron chi connectivity index (χ3n) is 5.45. The zero-order valence-electron chi connectivity index (χ0n) is 17.2. The minimum absolute atomic E-state index is 0.133. The molecular weight excluding hydrogens is 384 g/mol. The Labute approximate surface area is 176 Å². The summed E-state index contributed by atoms with van der Waals surface area (Å²) in [6.45, 7) is 0.986. The van der Waals surface area contributed by atoms with E-state index in [1.54, 1.807) is 0 Å². The molecule has 0 saturated heterocycles. The fourth-order valence-electron chi connectivity index (χ4n) is 3.83. The Morgan fingerprint density at radius 2 is 1.60 bits per heavy atom. The fourth-order valence-corrected chi connectivity index (χ4v) is 3.83. The highest BCUT2D eigenvalue weighted by molar-refractivity contribution is 5.91. The van der Waals surface area contributed by atoms with E-state index in [2.05, 4.69) is 21.3 Å². The minimum Gasteiger partial charge on any atom is -0.492 e. The first kappa shape index (κ1) is 21.8. The Morgan fingerprint density at radius 1 is 0.867 bits per heavy atom. The van der Waals surface area contributed by atoms with Crippen molar-refractivity contribution in [2.75, 3.05) is 32.8 Å². The predicted octanol–water partition coefficient (Wildman–Crippen LogP) is 0.733. The smallest absolute Gasteiger partial charge is 0.240 e. The number of fused-ring (bicyclic) bond motifs is 1. The summed E-state index contributed by atoms with van der Waals surface area (Å²) in [6.07, 6.45) is 8.19. The average Bonchev–Trinajstić information content (AvgIpc) is 2.77. The van der Waals surface area contributed by atoms with Crippen LogP contribution in [0.2, 0.25) is 0 Å². The normalized spacial score (nSPS) is 22.3. The standard InChI is InChI=1S/C22H30N4O4/c27-19-15-24-20(28)16-25-21(29)22(10-4-1-5-11-22)26-13-14-30-18-9-3-2-7-17(18)8-6-12-23-19/h2-3,6-9,26H,1,4-5,10-16H2,(H,23,27)(H,24,28)(H,25,29)/b8-6+. The summed E-state index contributed by atoms with van der Waals surface area (Å²) in [7, 11) is 0. The van der Waals surface area contributed by atoms with E-state index in [4.69, 9.17) is 4.74 Å². The molecule has 0 atom stereocenters. The summed E-state index contributed by atoms with van der Waals surface area (Å²) >= 11 is 0. The van der Waals surface area contributed by atoms with Gasteiger partial charge in [-0.15, -0.1) is 0 Å². The predicted molar refractivity (Wildman–Crippen MR) is 114 cm³/mol. The van der Waals surface area contributed by atoms with Crippen LogP contribution in [0.1, 0.15) is 37.7 Å². The molecular formula is C22H30N4O4. The Kier molecular flexibility index (Phi) is 7.84. The maximum atomic E-state index is 12.9. The van der Waals surface area contributed by atoms with Crippen LogP contribution in [0.5, 0.6) is 5.75 Å². The zero-order chi connectivity index (χ0) is 21.2. The molecule has 1 aromatic carbocycles. The van der Waals surface area contributed by atoms with Gasteiger partial charge in [-0.25, -0.2) is 0 Å². The van der Waals surface area contributed by atoms with Crippen LogP contribution < -0.4 is 26.0 Å². The first-order valence-corrected chi connectivity index (χ1v) is 10.5. The Balaban J connectivity index is 1.73. The second-order valence-corrected chi connectivity index (χ2v) is 7.62. The van der Waals surface area contributed by atoms with E-state index in [1.807, 2.05) is 36.4 Å². The number of hydrogen-bond acceptors (Lipinski definition) is 5. The van der Waals surface area contributed by atoms with Gasteiger partial charge in [0, 0.05) is 18.7 Å². The number of benzene rings is 1. The monoisotopic (exact) mass is 414 g/mol. The lowest BCUT2D eigenvalue weighted by molar-refractivity contribution is -0.132. The summed E-state index contributed by atoms with van der Waals surface area (Å²) in [5.74, 6) is -0.113. The molecule has 3 amide bonds. The van der Waals surface area contributed by atoms with Gasteiger partial charge in [0.2, 0.25) is 17.7 Å². The molecule has 1 aliphatic heterocycles. The average molecular weight is 415 g/mol. The molecule has 1 heterocycles. The van der Waals surface area contributed by atoms with E-state index in [0.29, 0.717) is 19.7 Å². The van der Waals surface area contributed by atoms with Crippen LogP contribution in [-0.4, -0.2) is 56.0 Å². The number of ether oxygens (including phenoxy) is 1. The Hall–Kier alpha value is -2.87. The summed E-state index contributed by atoms with van der Waals surface area (Å²) in [5, 5.41) is 11.4. The van der Waals surface area contributed by atoms with Crippen LogP contribution in [0.4, 0.5) is 0 Å². The van der Waals surface area contributed by atoms with Crippen molar-refractivity contribution in [1.82, 2.24) is 21.3 Å². The molecule has 8 heteroatoms. The third kappa shape index (κ3) is 6.06. The van der Waals surface area contributed by atoms with Crippen LogP contribution >= 0.6 is 0 Å². The number of para-hydroxylation sites is 1. The van der Waals surface area contributed by atoms with Crippen LogP contribution in [0.25, 0.3) is 6.08 Å². The van der Waals surface area contributed by atoms with E-state index in [0.717, 1.165) is 43.4 Å². The van der Waals surface area contributed by atoms with Crippen molar-refractivity contribution in [3.63, 3.8) is 0 Å². The largest absolute Gasteiger partial charge is 0.492 e.